The van der Waals surface area contributed by atoms with Gasteiger partial charge in [-0.05, 0) is 50.7 Å². The van der Waals surface area contributed by atoms with E-state index < -0.39 is 0 Å². The minimum Gasteiger partial charge on any atom is -0.269 e. The molecule has 1 atom stereocenters. The van der Waals surface area contributed by atoms with E-state index in [9.17, 15) is 0 Å². The number of rotatable bonds is 4. The summed E-state index contributed by atoms with van der Waals surface area (Å²) in [6.07, 6.45) is 7.46. The first kappa shape index (κ1) is 16.9. The summed E-state index contributed by atoms with van der Waals surface area (Å²) in [6.45, 7) is 7.21. The van der Waals surface area contributed by atoms with Crippen LogP contribution in [0, 0.1) is 19.8 Å². The van der Waals surface area contributed by atoms with Gasteiger partial charge in [0.2, 0.25) is 0 Å². The molecule has 0 saturated heterocycles. The molecule has 1 unspecified atom stereocenters. The van der Waals surface area contributed by atoms with Gasteiger partial charge in [0.05, 0.1) is 11.1 Å². The molecule has 5 rings (SSSR count). The topological polar surface area (TPSA) is 60.9 Å². The first-order chi connectivity index (χ1) is 13.1. The molecule has 0 aromatic carbocycles. The lowest BCUT2D eigenvalue weighted by Crippen LogP contribution is -2.11. The standard InChI is InChI=1S/C20H24N6S/c1-4-14-5-6-15-16(10-14)27-20-18(15)19-22-17(24-26(19)11-21-20)7-8-25-13(3)9-12(2)23-25/h9,11,14H,4-8,10H2,1-3H3. The Balaban J connectivity index is 1.50. The van der Waals surface area contributed by atoms with E-state index in [1.807, 2.05) is 33.8 Å². The zero-order chi connectivity index (χ0) is 18.5. The van der Waals surface area contributed by atoms with E-state index in [-0.39, 0.29) is 0 Å². The zero-order valence-electron chi connectivity index (χ0n) is 16.1. The van der Waals surface area contributed by atoms with Crippen molar-refractivity contribution >= 4 is 27.2 Å². The summed E-state index contributed by atoms with van der Waals surface area (Å²) in [5.41, 5.74) is 4.67. The van der Waals surface area contributed by atoms with E-state index in [0.717, 1.165) is 47.3 Å². The van der Waals surface area contributed by atoms with Crippen molar-refractivity contribution in [2.45, 2.75) is 59.4 Å². The van der Waals surface area contributed by atoms with Gasteiger partial charge in [-0.2, -0.15) is 5.10 Å². The maximum absolute atomic E-state index is 4.89. The summed E-state index contributed by atoms with van der Waals surface area (Å²) in [5, 5.41) is 10.5. The van der Waals surface area contributed by atoms with Crippen molar-refractivity contribution in [1.29, 1.82) is 0 Å². The molecule has 4 aromatic heterocycles. The van der Waals surface area contributed by atoms with Crippen molar-refractivity contribution in [2.75, 3.05) is 0 Å². The first-order valence-corrected chi connectivity index (χ1v) is 10.6. The van der Waals surface area contributed by atoms with Crippen molar-refractivity contribution in [3.63, 3.8) is 0 Å². The zero-order valence-corrected chi connectivity index (χ0v) is 16.9. The molecule has 0 spiro atoms. The maximum Gasteiger partial charge on any atom is 0.167 e. The molecule has 27 heavy (non-hydrogen) atoms. The van der Waals surface area contributed by atoms with Crippen LogP contribution >= 0.6 is 11.3 Å². The van der Waals surface area contributed by atoms with Gasteiger partial charge in [0.15, 0.2) is 11.5 Å². The van der Waals surface area contributed by atoms with Crippen LogP contribution in [0.25, 0.3) is 15.9 Å². The number of hydrogen-bond donors (Lipinski definition) is 0. The van der Waals surface area contributed by atoms with E-state index in [0.29, 0.717) is 0 Å². The Hall–Kier alpha value is -2.28. The van der Waals surface area contributed by atoms with Crippen molar-refractivity contribution in [1.82, 2.24) is 29.4 Å². The average Bonchev–Trinajstić information content (AvgIpc) is 3.32. The Labute approximate surface area is 162 Å². The lowest BCUT2D eigenvalue weighted by Gasteiger charge is -2.20. The minimum absolute atomic E-state index is 0.773. The van der Waals surface area contributed by atoms with Gasteiger partial charge < -0.3 is 0 Å². The Kier molecular flexibility index (Phi) is 4.00. The lowest BCUT2D eigenvalue weighted by molar-refractivity contribution is 0.451. The Morgan fingerprint density at radius 2 is 2.15 bits per heavy atom. The molecule has 0 radical (unpaired) electrons. The molecule has 1 aliphatic carbocycles. The monoisotopic (exact) mass is 380 g/mol. The van der Waals surface area contributed by atoms with Gasteiger partial charge in [-0.1, -0.05) is 13.3 Å². The Bertz CT molecular complexity index is 1130. The highest BCUT2D eigenvalue weighted by Gasteiger charge is 2.24. The minimum atomic E-state index is 0.773. The third-order valence-corrected chi connectivity index (χ3v) is 6.92. The molecule has 1 aliphatic rings. The second kappa shape index (κ2) is 6.41. The highest BCUT2D eigenvalue weighted by molar-refractivity contribution is 7.19. The van der Waals surface area contributed by atoms with Gasteiger partial charge in [0, 0.05) is 23.5 Å². The van der Waals surface area contributed by atoms with Crippen molar-refractivity contribution in [3.8, 4) is 0 Å². The average molecular weight is 381 g/mol. The summed E-state index contributed by atoms with van der Waals surface area (Å²) >= 11 is 1.85. The third-order valence-electron chi connectivity index (χ3n) is 5.76. The van der Waals surface area contributed by atoms with Crippen molar-refractivity contribution in [2.24, 2.45) is 5.92 Å². The number of thiophene rings is 1. The summed E-state index contributed by atoms with van der Waals surface area (Å²) in [4.78, 5) is 12.2. The molecule has 0 N–H and O–H groups in total. The third kappa shape index (κ3) is 2.84. The van der Waals surface area contributed by atoms with Gasteiger partial charge in [0.25, 0.3) is 0 Å². The molecule has 0 fully saturated rings. The van der Waals surface area contributed by atoms with Crippen LogP contribution in [0.4, 0.5) is 0 Å². The lowest BCUT2D eigenvalue weighted by atomic mass is 9.86. The SMILES string of the molecule is CCC1CCc2c(sc3ncn4nc(CCn5nc(C)cc5C)nc4c23)C1. The number of hydrogen-bond acceptors (Lipinski definition) is 5. The molecule has 0 bridgehead atoms. The molecule has 0 amide bonds. The van der Waals surface area contributed by atoms with Gasteiger partial charge in [-0.3, -0.25) is 4.68 Å². The predicted octanol–water partition coefficient (Wildman–Crippen LogP) is 3.91. The second-order valence-corrected chi connectivity index (χ2v) is 8.73. The molecule has 0 saturated carbocycles. The fourth-order valence-corrected chi connectivity index (χ4v) is 5.54. The van der Waals surface area contributed by atoms with Crippen LogP contribution in [0.1, 0.15) is 47.4 Å². The molecule has 0 aliphatic heterocycles. The molecule has 4 aromatic rings. The van der Waals surface area contributed by atoms with Crippen molar-refractivity contribution < 1.29 is 0 Å². The highest BCUT2D eigenvalue weighted by Crippen LogP contribution is 2.39. The normalized spacial score (nSPS) is 17.1. The molecular weight excluding hydrogens is 356 g/mol. The second-order valence-electron chi connectivity index (χ2n) is 7.64. The fourth-order valence-electron chi connectivity index (χ4n) is 4.25. The quantitative estimate of drug-likeness (QED) is 0.538. The number of aromatic nitrogens is 6. The number of fused-ring (bicyclic) bond motifs is 5. The molecule has 6 nitrogen and oxygen atoms in total. The largest absolute Gasteiger partial charge is 0.269 e. The van der Waals surface area contributed by atoms with E-state index in [4.69, 9.17) is 4.98 Å². The van der Waals surface area contributed by atoms with E-state index >= 15 is 0 Å². The summed E-state index contributed by atoms with van der Waals surface area (Å²) in [7, 11) is 0. The fraction of sp³-hybridized carbons (Fsp3) is 0.500. The van der Waals surface area contributed by atoms with Gasteiger partial charge in [0.1, 0.15) is 11.2 Å². The highest BCUT2D eigenvalue weighted by atomic mass is 32.1. The first-order valence-electron chi connectivity index (χ1n) is 9.78. The number of aryl methyl sites for hydroxylation is 5. The van der Waals surface area contributed by atoms with Crippen LogP contribution in [0.3, 0.4) is 0 Å². The molecular formula is C20H24N6S. The number of nitrogens with zero attached hydrogens (tertiary/aromatic N) is 6. The van der Waals surface area contributed by atoms with Crippen LogP contribution in [-0.2, 0) is 25.8 Å². The molecule has 140 valence electrons. The van der Waals surface area contributed by atoms with Gasteiger partial charge in [-0.25, -0.2) is 14.5 Å². The smallest absolute Gasteiger partial charge is 0.167 e. The predicted molar refractivity (Wildman–Crippen MR) is 107 cm³/mol. The summed E-state index contributed by atoms with van der Waals surface area (Å²) in [6, 6.07) is 2.10. The van der Waals surface area contributed by atoms with E-state index in [1.54, 1.807) is 0 Å². The van der Waals surface area contributed by atoms with Crippen LogP contribution in [0.15, 0.2) is 12.4 Å². The van der Waals surface area contributed by atoms with E-state index in [1.165, 1.54) is 40.8 Å². The van der Waals surface area contributed by atoms with Crippen molar-refractivity contribution in [3.05, 3.63) is 40.0 Å². The summed E-state index contributed by atoms with van der Waals surface area (Å²) in [5.74, 6) is 1.68. The van der Waals surface area contributed by atoms with Crippen LogP contribution in [0.5, 0.6) is 0 Å². The summed E-state index contributed by atoms with van der Waals surface area (Å²) < 4.78 is 3.89. The molecule has 4 heterocycles. The van der Waals surface area contributed by atoms with Gasteiger partial charge >= 0.3 is 0 Å². The Morgan fingerprint density at radius 3 is 2.93 bits per heavy atom. The van der Waals surface area contributed by atoms with Crippen LogP contribution < -0.4 is 0 Å². The van der Waals surface area contributed by atoms with Crippen LogP contribution in [-0.4, -0.2) is 29.4 Å². The molecule has 7 heteroatoms. The Morgan fingerprint density at radius 1 is 1.26 bits per heavy atom. The van der Waals surface area contributed by atoms with Crippen LogP contribution in [0.2, 0.25) is 0 Å². The van der Waals surface area contributed by atoms with E-state index in [2.05, 4.69) is 35.1 Å². The maximum atomic E-state index is 4.89. The van der Waals surface area contributed by atoms with Gasteiger partial charge in [-0.15, -0.1) is 16.4 Å².